The molecule has 1 aromatic rings. The monoisotopic (exact) mass is 314 g/mol. The van der Waals surface area contributed by atoms with E-state index in [9.17, 15) is 9.18 Å². The summed E-state index contributed by atoms with van der Waals surface area (Å²) in [4.78, 5) is 14.3. The number of halogens is 2. The van der Waals surface area contributed by atoms with Crippen LogP contribution in [0.1, 0.15) is 24.2 Å². The molecule has 6 heteroatoms. The van der Waals surface area contributed by atoms with Crippen molar-refractivity contribution in [2.45, 2.75) is 19.4 Å². The minimum Gasteiger partial charge on any atom is -0.379 e. The van der Waals surface area contributed by atoms with Gasteiger partial charge < -0.3 is 10.1 Å². The third-order valence-corrected chi connectivity index (χ3v) is 3.96. The van der Waals surface area contributed by atoms with Gasteiger partial charge in [0.25, 0.3) is 5.91 Å². The largest absolute Gasteiger partial charge is 0.379 e. The van der Waals surface area contributed by atoms with Crippen molar-refractivity contribution in [3.8, 4) is 0 Å². The smallest absolute Gasteiger partial charge is 0.254 e. The summed E-state index contributed by atoms with van der Waals surface area (Å²) in [5.41, 5.74) is -0.241. The zero-order valence-electron chi connectivity index (χ0n) is 12.3. The van der Waals surface area contributed by atoms with Crippen LogP contribution in [0, 0.1) is 5.82 Å². The molecule has 116 valence electrons. The van der Waals surface area contributed by atoms with Crippen LogP contribution in [0.15, 0.2) is 18.2 Å². The van der Waals surface area contributed by atoms with Gasteiger partial charge in [-0.15, -0.1) is 0 Å². The highest BCUT2D eigenvalue weighted by molar-refractivity contribution is 6.30. The van der Waals surface area contributed by atoms with Gasteiger partial charge in [-0.1, -0.05) is 11.6 Å². The van der Waals surface area contributed by atoms with Gasteiger partial charge >= 0.3 is 0 Å². The van der Waals surface area contributed by atoms with Gasteiger partial charge in [-0.25, -0.2) is 4.39 Å². The molecule has 1 fully saturated rings. The first-order valence-corrected chi connectivity index (χ1v) is 7.34. The van der Waals surface area contributed by atoms with Crippen LogP contribution in [-0.2, 0) is 4.74 Å². The third-order valence-electron chi connectivity index (χ3n) is 3.72. The Morgan fingerprint density at radius 2 is 2.10 bits per heavy atom. The Morgan fingerprint density at radius 3 is 2.76 bits per heavy atom. The maximum absolute atomic E-state index is 13.6. The Balaban J connectivity index is 1.98. The van der Waals surface area contributed by atoms with E-state index in [1.807, 2.05) is 13.8 Å². The van der Waals surface area contributed by atoms with Crippen LogP contribution in [0.3, 0.4) is 0 Å². The van der Waals surface area contributed by atoms with Crippen molar-refractivity contribution in [1.82, 2.24) is 10.2 Å². The normalized spacial score (nSPS) is 16.8. The van der Waals surface area contributed by atoms with Gasteiger partial charge in [0.15, 0.2) is 0 Å². The third kappa shape index (κ3) is 4.15. The van der Waals surface area contributed by atoms with E-state index >= 15 is 0 Å². The van der Waals surface area contributed by atoms with Crippen molar-refractivity contribution in [1.29, 1.82) is 0 Å². The molecule has 1 heterocycles. The Labute approximate surface area is 129 Å². The fraction of sp³-hybridized carbons (Fsp3) is 0.533. The molecule has 0 radical (unpaired) electrons. The molecule has 0 atom stereocenters. The Kier molecular flexibility index (Phi) is 5.19. The first-order chi connectivity index (χ1) is 9.90. The van der Waals surface area contributed by atoms with E-state index in [1.54, 1.807) is 0 Å². The van der Waals surface area contributed by atoms with E-state index in [2.05, 4.69) is 10.2 Å². The number of nitrogens with zero attached hydrogens (tertiary/aromatic N) is 1. The lowest BCUT2D eigenvalue weighted by Crippen LogP contribution is -2.55. The zero-order chi connectivity index (χ0) is 15.5. The predicted octanol–water partition coefficient (Wildman–Crippen LogP) is 2.32. The van der Waals surface area contributed by atoms with Crippen molar-refractivity contribution in [3.63, 3.8) is 0 Å². The van der Waals surface area contributed by atoms with Gasteiger partial charge in [0.2, 0.25) is 0 Å². The van der Waals surface area contributed by atoms with Crippen molar-refractivity contribution in [2.24, 2.45) is 0 Å². The fourth-order valence-corrected chi connectivity index (χ4v) is 2.52. The summed E-state index contributed by atoms with van der Waals surface area (Å²) in [5, 5.41) is 3.13. The maximum atomic E-state index is 13.6. The van der Waals surface area contributed by atoms with Crippen LogP contribution in [0.25, 0.3) is 0 Å². The SMILES string of the molecule is CC(C)(CNC(=O)c1cc(Cl)ccc1F)N1CCOCC1. The molecular weight excluding hydrogens is 295 g/mol. The highest BCUT2D eigenvalue weighted by atomic mass is 35.5. The molecule has 1 aliphatic heterocycles. The number of hydrogen-bond donors (Lipinski definition) is 1. The van der Waals surface area contributed by atoms with Gasteiger partial charge in [-0.3, -0.25) is 9.69 Å². The summed E-state index contributed by atoms with van der Waals surface area (Å²) < 4.78 is 19.0. The lowest BCUT2D eigenvalue weighted by atomic mass is 10.0. The maximum Gasteiger partial charge on any atom is 0.254 e. The van der Waals surface area contributed by atoms with E-state index in [0.717, 1.165) is 13.1 Å². The van der Waals surface area contributed by atoms with Crippen LogP contribution >= 0.6 is 11.6 Å². The van der Waals surface area contributed by atoms with Gasteiger partial charge in [0.1, 0.15) is 5.82 Å². The van der Waals surface area contributed by atoms with Crippen LogP contribution in [0.4, 0.5) is 4.39 Å². The Morgan fingerprint density at radius 1 is 1.43 bits per heavy atom. The molecule has 2 rings (SSSR count). The molecule has 1 aromatic carbocycles. The summed E-state index contributed by atoms with van der Waals surface area (Å²) in [6.07, 6.45) is 0. The number of carbonyl (C=O) groups is 1. The molecular formula is C15H20ClFN2O2. The molecule has 0 spiro atoms. The average Bonchev–Trinajstić information content (AvgIpc) is 2.48. The fourth-order valence-electron chi connectivity index (χ4n) is 2.34. The molecule has 1 amide bonds. The van der Waals surface area contributed by atoms with E-state index in [-0.39, 0.29) is 11.1 Å². The number of morpholine rings is 1. The van der Waals surface area contributed by atoms with Crippen LogP contribution in [0.5, 0.6) is 0 Å². The summed E-state index contributed by atoms with van der Waals surface area (Å²) in [5.74, 6) is -1.02. The quantitative estimate of drug-likeness (QED) is 0.927. The van der Waals surface area contributed by atoms with E-state index in [1.165, 1.54) is 18.2 Å². The van der Waals surface area contributed by atoms with Gasteiger partial charge in [0, 0.05) is 30.2 Å². The van der Waals surface area contributed by atoms with Crippen molar-refractivity contribution in [2.75, 3.05) is 32.8 Å². The zero-order valence-corrected chi connectivity index (χ0v) is 13.0. The second kappa shape index (κ2) is 6.73. The van der Waals surface area contributed by atoms with Gasteiger partial charge in [-0.2, -0.15) is 0 Å². The highest BCUT2D eigenvalue weighted by Gasteiger charge is 2.29. The minimum atomic E-state index is -0.568. The summed E-state index contributed by atoms with van der Waals surface area (Å²) in [6, 6.07) is 3.96. The standard InChI is InChI=1S/C15H20ClFN2O2/c1-15(2,19-5-7-21-8-6-19)10-18-14(20)12-9-11(16)3-4-13(12)17/h3-4,9H,5-8,10H2,1-2H3,(H,18,20). The molecule has 0 saturated carbocycles. The van der Waals surface area contributed by atoms with Crippen molar-refractivity contribution in [3.05, 3.63) is 34.6 Å². The van der Waals surface area contributed by atoms with Crippen LogP contribution in [0.2, 0.25) is 5.02 Å². The molecule has 1 aliphatic rings. The molecule has 1 N–H and O–H groups in total. The van der Waals surface area contributed by atoms with Gasteiger partial charge in [-0.05, 0) is 32.0 Å². The molecule has 1 saturated heterocycles. The molecule has 0 bridgehead atoms. The second-order valence-electron chi connectivity index (χ2n) is 5.72. The first kappa shape index (κ1) is 16.2. The number of nitrogens with one attached hydrogen (secondary N) is 1. The van der Waals surface area contributed by atoms with Gasteiger partial charge in [0.05, 0.1) is 18.8 Å². The predicted molar refractivity (Wildman–Crippen MR) is 80.2 cm³/mol. The number of ether oxygens (including phenoxy) is 1. The second-order valence-corrected chi connectivity index (χ2v) is 6.16. The van der Waals surface area contributed by atoms with E-state index in [4.69, 9.17) is 16.3 Å². The lowest BCUT2D eigenvalue weighted by Gasteiger charge is -2.40. The topological polar surface area (TPSA) is 41.6 Å². The summed E-state index contributed by atoms with van der Waals surface area (Å²) in [7, 11) is 0. The Hall–Kier alpha value is -1.17. The average molecular weight is 315 g/mol. The van der Waals surface area contributed by atoms with Crippen molar-refractivity contribution >= 4 is 17.5 Å². The summed E-state index contributed by atoms with van der Waals surface area (Å²) in [6.45, 7) is 7.57. The number of amides is 1. The van der Waals surface area contributed by atoms with Crippen LogP contribution in [-0.4, -0.2) is 49.2 Å². The van der Waals surface area contributed by atoms with Crippen molar-refractivity contribution < 1.29 is 13.9 Å². The number of benzene rings is 1. The lowest BCUT2D eigenvalue weighted by molar-refractivity contribution is -0.00924. The Bertz CT molecular complexity index is 516. The molecule has 21 heavy (non-hydrogen) atoms. The molecule has 0 aromatic heterocycles. The molecule has 0 unspecified atom stereocenters. The summed E-state index contributed by atoms with van der Waals surface area (Å²) >= 11 is 5.80. The van der Waals surface area contributed by atoms with E-state index < -0.39 is 11.7 Å². The molecule has 0 aliphatic carbocycles. The first-order valence-electron chi connectivity index (χ1n) is 6.96. The highest BCUT2D eigenvalue weighted by Crippen LogP contribution is 2.17. The number of hydrogen-bond acceptors (Lipinski definition) is 3. The van der Waals surface area contributed by atoms with Crippen LogP contribution < -0.4 is 5.32 Å². The minimum absolute atomic E-state index is 0.0275. The molecule has 4 nitrogen and oxygen atoms in total. The number of carbonyl (C=O) groups excluding carboxylic acids is 1. The van der Waals surface area contributed by atoms with E-state index in [0.29, 0.717) is 24.8 Å². The number of rotatable bonds is 4.